The first-order valence-electron chi connectivity index (χ1n) is 6.27. The molecule has 2 fully saturated rings. The van der Waals surface area contributed by atoms with Crippen LogP contribution in [0.15, 0.2) is 18.2 Å². The minimum Gasteiger partial charge on any atom is -0.0843 e. The quantitative estimate of drug-likeness (QED) is 0.594. The fourth-order valence-corrected chi connectivity index (χ4v) is 5.26. The lowest BCUT2D eigenvalue weighted by molar-refractivity contribution is 0.480. The molecule has 0 aliphatic heterocycles. The van der Waals surface area contributed by atoms with Gasteiger partial charge in [-0.15, -0.1) is 0 Å². The molecule has 1 aromatic rings. The molecule has 2 saturated carbocycles. The molecule has 0 radical (unpaired) electrons. The van der Waals surface area contributed by atoms with E-state index in [1.54, 1.807) is 0 Å². The maximum Gasteiger partial charge on any atom is 0.0464 e. The molecule has 3 unspecified atom stereocenters. The van der Waals surface area contributed by atoms with Crippen molar-refractivity contribution >= 4 is 39.1 Å². The molecule has 0 saturated heterocycles. The Kier molecular flexibility index (Phi) is 3.44. The second kappa shape index (κ2) is 4.75. The topological polar surface area (TPSA) is 0 Å². The summed E-state index contributed by atoms with van der Waals surface area (Å²) in [4.78, 5) is 0.403. The highest BCUT2D eigenvalue weighted by atomic mass is 79.9. The van der Waals surface area contributed by atoms with Crippen LogP contribution >= 0.6 is 39.1 Å². The normalized spacial score (nSPS) is 33.0. The SMILES string of the molecule is Clc1ccc(C(Br)C2C3CCCCC32)c(Cl)c1. The molecular formula is C14H15BrCl2. The second-order valence-corrected chi connectivity index (χ2v) is 7.09. The van der Waals surface area contributed by atoms with Gasteiger partial charge in [-0.2, -0.15) is 0 Å². The molecule has 1 aromatic carbocycles. The van der Waals surface area contributed by atoms with E-state index in [0.29, 0.717) is 9.85 Å². The summed E-state index contributed by atoms with van der Waals surface area (Å²) in [5, 5.41) is 1.51. The van der Waals surface area contributed by atoms with E-state index >= 15 is 0 Å². The van der Waals surface area contributed by atoms with E-state index in [1.807, 2.05) is 12.1 Å². The van der Waals surface area contributed by atoms with Crippen LogP contribution in [-0.4, -0.2) is 0 Å². The van der Waals surface area contributed by atoms with E-state index < -0.39 is 0 Å². The van der Waals surface area contributed by atoms with Crippen molar-refractivity contribution in [3.05, 3.63) is 33.8 Å². The van der Waals surface area contributed by atoms with E-state index in [4.69, 9.17) is 23.2 Å². The summed E-state index contributed by atoms with van der Waals surface area (Å²) in [6, 6.07) is 5.84. The van der Waals surface area contributed by atoms with E-state index in [2.05, 4.69) is 22.0 Å². The number of rotatable bonds is 2. The first kappa shape index (κ1) is 12.3. The summed E-state index contributed by atoms with van der Waals surface area (Å²) in [6.07, 6.45) is 5.63. The maximum atomic E-state index is 6.28. The third-order valence-corrected chi connectivity index (χ3v) is 5.99. The first-order chi connectivity index (χ1) is 8.18. The average Bonchev–Trinajstić information content (AvgIpc) is 3.02. The fraction of sp³-hybridized carbons (Fsp3) is 0.571. The van der Waals surface area contributed by atoms with Crippen LogP contribution in [0.1, 0.15) is 36.1 Å². The molecule has 3 heteroatoms. The molecular weight excluding hydrogens is 319 g/mol. The minimum absolute atomic E-state index is 0.403. The van der Waals surface area contributed by atoms with Crippen LogP contribution in [0.25, 0.3) is 0 Å². The number of hydrogen-bond acceptors (Lipinski definition) is 0. The second-order valence-electron chi connectivity index (χ2n) is 5.26. The monoisotopic (exact) mass is 332 g/mol. The van der Waals surface area contributed by atoms with Gasteiger partial charge >= 0.3 is 0 Å². The maximum absolute atomic E-state index is 6.28. The van der Waals surface area contributed by atoms with Crippen LogP contribution in [0, 0.1) is 17.8 Å². The van der Waals surface area contributed by atoms with Crippen LogP contribution in [0.4, 0.5) is 0 Å². The Hall–Kier alpha value is 0.280. The molecule has 0 N–H and O–H groups in total. The lowest BCUT2D eigenvalue weighted by atomic mass is 10.0. The van der Waals surface area contributed by atoms with Crippen LogP contribution in [0.5, 0.6) is 0 Å². The number of alkyl halides is 1. The molecule has 3 atom stereocenters. The van der Waals surface area contributed by atoms with Crippen molar-refractivity contribution in [2.45, 2.75) is 30.5 Å². The van der Waals surface area contributed by atoms with E-state index in [1.165, 1.54) is 31.2 Å². The molecule has 0 nitrogen and oxygen atoms in total. The predicted molar refractivity (Wildman–Crippen MR) is 77.1 cm³/mol. The lowest BCUT2D eigenvalue weighted by Gasteiger charge is -2.12. The predicted octanol–water partition coefficient (Wildman–Crippen LogP) is 5.87. The fourth-order valence-electron chi connectivity index (χ4n) is 3.41. The molecule has 0 heterocycles. The van der Waals surface area contributed by atoms with Gasteiger partial charge in [0.05, 0.1) is 0 Å². The summed E-state index contributed by atoms with van der Waals surface area (Å²) >= 11 is 16.1. The zero-order valence-corrected chi connectivity index (χ0v) is 12.6. The van der Waals surface area contributed by atoms with Gasteiger partial charge < -0.3 is 0 Å². The highest BCUT2D eigenvalue weighted by Gasteiger charge is 2.53. The third-order valence-electron chi connectivity index (χ3n) is 4.32. The van der Waals surface area contributed by atoms with Crippen molar-refractivity contribution in [2.24, 2.45) is 17.8 Å². The number of halogens is 3. The Balaban J connectivity index is 1.80. The van der Waals surface area contributed by atoms with Gasteiger partial charge in [0.25, 0.3) is 0 Å². The molecule has 0 spiro atoms. The highest BCUT2D eigenvalue weighted by Crippen LogP contribution is 2.63. The molecule has 2 aliphatic rings. The Bertz CT molecular complexity index is 420. The molecule has 0 aromatic heterocycles. The number of benzene rings is 1. The Morgan fingerprint density at radius 3 is 2.35 bits per heavy atom. The standard InChI is InChI=1S/C14H15BrCl2/c15-14(11-6-5-8(16)7-12(11)17)13-9-3-1-2-4-10(9)13/h5-7,9-10,13-14H,1-4H2. The zero-order chi connectivity index (χ0) is 12.0. The van der Waals surface area contributed by atoms with Gasteiger partial charge in [-0.25, -0.2) is 0 Å². The molecule has 0 bridgehead atoms. The Labute approximate surface area is 121 Å². The number of hydrogen-bond donors (Lipinski definition) is 0. The molecule has 92 valence electrons. The van der Waals surface area contributed by atoms with Gasteiger partial charge in [-0.05, 0) is 48.3 Å². The average molecular weight is 334 g/mol. The van der Waals surface area contributed by atoms with Crippen molar-refractivity contribution in [1.82, 2.24) is 0 Å². The molecule has 3 rings (SSSR count). The summed E-state index contributed by atoms with van der Waals surface area (Å²) in [6.45, 7) is 0. The smallest absolute Gasteiger partial charge is 0.0464 e. The van der Waals surface area contributed by atoms with Crippen molar-refractivity contribution in [2.75, 3.05) is 0 Å². The Morgan fingerprint density at radius 1 is 1.12 bits per heavy atom. The van der Waals surface area contributed by atoms with E-state index in [9.17, 15) is 0 Å². The van der Waals surface area contributed by atoms with Gasteiger partial charge in [0.2, 0.25) is 0 Å². The van der Waals surface area contributed by atoms with Crippen molar-refractivity contribution < 1.29 is 0 Å². The van der Waals surface area contributed by atoms with Gasteiger partial charge in [0.1, 0.15) is 0 Å². The van der Waals surface area contributed by atoms with E-state index in [-0.39, 0.29) is 0 Å². The Morgan fingerprint density at radius 2 is 1.76 bits per heavy atom. The van der Waals surface area contributed by atoms with Crippen molar-refractivity contribution in [1.29, 1.82) is 0 Å². The summed E-state index contributed by atoms with van der Waals surface area (Å²) in [5.41, 5.74) is 1.20. The lowest BCUT2D eigenvalue weighted by Crippen LogP contribution is -1.96. The first-order valence-corrected chi connectivity index (χ1v) is 7.94. The van der Waals surface area contributed by atoms with Gasteiger partial charge in [0, 0.05) is 14.9 Å². The largest absolute Gasteiger partial charge is 0.0843 e. The molecule has 17 heavy (non-hydrogen) atoms. The third kappa shape index (κ3) is 2.27. The van der Waals surface area contributed by atoms with Gasteiger partial charge in [0.15, 0.2) is 0 Å². The molecule has 0 amide bonds. The number of fused-ring (bicyclic) bond motifs is 1. The highest BCUT2D eigenvalue weighted by molar-refractivity contribution is 9.09. The van der Waals surface area contributed by atoms with E-state index in [0.717, 1.165) is 22.8 Å². The van der Waals surface area contributed by atoms with Crippen molar-refractivity contribution in [3.63, 3.8) is 0 Å². The summed E-state index contributed by atoms with van der Waals surface area (Å²) in [7, 11) is 0. The summed E-state index contributed by atoms with van der Waals surface area (Å²) < 4.78 is 0. The molecule has 2 aliphatic carbocycles. The van der Waals surface area contributed by atoms with Crippen LogP contribution < -0.4 is 0 Å². The van der Waals surface area contributed by atoms with Crippen LogP contribution in [-0.2, 0) is 0 Å². The van der Waals surface area contributed by atoms with Gasteiger partial charge in [-0.3, -0.25) is 0 Å². The van der Waals surface area contributed by atoms with Gasteiger partial charge in [-0.1, -0.05) is 58.0 Å². The summed E-state index contributed by atoms with van der Waals surface area (Å²) in [5.74, 6) is 2.65. The zero-order valence-electron chi connectivity index (χ0n) is 9.50. The van der Waals surface area contributed by atoms with Crippen LogP contribution in [0.3, 0.4) is 0 Å². The van der Waals surface area contributed by atoms with Crippen LogP contribution in [0.2, 0.25) is 10.0 Å². The minimum atomic E-state index is 0.403. The van der Waals surface area contributed by atoms with Crippen molar-refractivity contribution in [3.8, 4) is 0 Å².